The van der Waals surface area contributed by atoms with Crippen molar-refractivity contribution in [3.63, 3.8) is 0 Å². The lowest BCUT2D eigenvalue weighted by Crippen LogP contribution is -2.26. The molecule has 0 saturated heterocycles. The number of hydrogen-bond acceptors (Lipinski definition) is 5. The highest BCUT2D eigenvalue weighted by atomic mass is 35.5. The number of nitrogen functional groups attached to an aromatic ring is 1. The van der Waals surface area contributed by atoms with Crippen LogP contribution in [0.1, 0.15) is 18.9 Å². The van der Waals surface area contributed by atoms with Gasteiger partial charge in [0, 0.05) is 13.1 Å². The molecule has 5 nitrogen and oxygen atoms in total. The largest absolute Gasteiger partial charge is 0.398 e. The minimum absolute atomic E-state index is 0.0959. The lowest BCUT2D eigenvalue weighted by atomic mass is 10.2. The molecule has 0 unspecified atom stereocenters. The lowest BCUT2D eigenvalue weighted by Gasteiger charge is -2.25. The van der Waals surface area contributed by atoms with E-state index in [-0.39, 0.29) is 14.8 Å². The molecule has 0 fully saturated rings. The highest BCUT2D eigenvalue weighted by molar-refractivity contribution is 7.91. The zero-order valence-electron chi connectivity index (χ0n) is 14.2. The van der Waals surface area contributed by atoms with Gasteiger partial charge in [0.2, 0.25) is 9.84 Å². The van der Waals surface area contributed by atoms with Gasteiger partial charge in [0.1, 0.15) is 0 Å². The standard InChI is InChI=1S/C18H20ClN3O2S/c1-3-22(11-5-10-20)17-7-4-6-13(2)18(17)25(23,24)14-8-9-16(21)15(19)12-14/h4,6-9,12H,3,5,11,21H2,1-2H3. The van der Waals surface area contributed by atoms with E-state index in [1.54, 1.807) is 19.1 Å². The minimum atomic E-state index is -3.78. The third-order valence-corrected chi connectivity index (χ3v) is 6.23. The maximum atomic E-state index is 13.2. The molecule has 0 aromatic heterocycles. The maximum absolute atomic E-state index is 13.2. The maximum Gasteiger partial charge on any atom is 0.208 e. The number of halogens is 1. The topological polar surface area (TPSA) is 87.2 Å². The third-order valence-electron chi connectivity index (χ3n) is 3.96. The first-order valence-electron chi connectivity index (χ1n) is 7.84. The summed E-state index contributed by atoms with van der Waals surface area (Å²) in [6, 6.07) is 11.7. The van der Waals surface area contributed by atoms with Gasteiger partial charge < -0.3 is 10.6 Å². The molecule has 0 aliphatic rings. The number of rotatable bonds is 6. The van der Waals surface area contributed by atoms with Gasteiger partial charge in [-0.1, -0.05) is 23.7 Å². The first-order valence-corrected chi connectivity index (χ1v) is 9.70. The fourth-order valence-corrected chi connectivity index (χ4v) is 4.63. The molecule has 2 rings (SSSR count). The van der Waals surface area contributed by atoms with Gasteiger partial charge in [-0.3, -0.25) is 0 Å². The smallest absolute Gasteiger partial charge is 0.208 e. The van der Waals surface area contributed by atoms with E-state index < -0.39 is 9.84 Å². The Morgan fingerprint density at radius 3 is 2.60 bits per heavy atom. The molecule has 0 bridgehead atoms. The van der Waals surface area contributed by atoms with Crippen LogP contribution in [-0.2, 0) is 9.84 Å². The van der Waals surface area contributed by atoms with E-state index in [0.717, 1.165) is 0 Å². The molecule has 2 N–H and O–H groups in total. The van der Waals surface area contributed by atoms with Crippen molar-refractivity contribution < 1.29 is 8.42 Å². The number of sulfone groups is 1. The number of hydrogen-bond donors (Lipinski definition) is 1. The molecule has 2 aromatic carbocycles. The van der Waals surface area contributed by atoms with Crippen LogP contribution in [0.25, 0.3) is 0 Å². The van der Waals surface area contributed by atoms with Crippen LogP contribution in [0.2, 0.25) is 5.02 Å². The van der Waals surface area contributed by atoms with E-state index >= 15 is 0 Å². The number of nitriles is 1. The zero-order chi connectivity index (χ0) is 18.6. The first kappa shape index (κ1) is 19.1. The Morgan fingerprint density at radius 1 is 1.28 bits per heavy atom. The molecule has 2 aromatic rings. The monoisotopic (exact) mass is 377 g/mol. The molecule has 7 heteroatoms. The summed E-state index contributed by atoms with van der Waals surface area (Å²) < 4.78 is 26.5. The molecule has 0 saturated carbocycles. The van der Waals surface area contributed by atoms with E-state index in [2.05, 4.69) is 6.07 Å². The SMILES string of the molecule is CCN(CCC#N)c1cccc(C)c1S(=O)(=O)c1ccc(N)c(Cl)c1. The third kappa shape index (κ3) is 3.89. The quantitative estimate of drug-likeness (QED) is 0.773. The second-order valence-corrected chi connectivity index (χ2v) is 7.89. The number of aryl methyl sites for hydroxylation is 1. The molecule has 0 heterocycles. The van der Waals surface area contributed by atoms with Crippen molar-refractivity contribution in [2.45, 2.75) is 30.1 Å². The Labute approximate surface area is 153 Å². The summed E-state index contributed by atoms with van der Waals surface area (Å²) >= 11 is 6.01. The van der Waals surface area contributed by atoms with Crippen molar-refractivity contribution >= 4 is 32.8 Å². The summed E-state index contributed by atoms with van der Waals surface area (Å²) in [6.07, 6.45) is 0.314. The second-order valence-electron chi connectivity index (χ2n) is 5.60. The van der Waals surface area contributed by atoms with Crippen molar-refractivity contribution in [3.05, 3.63) is 47.0 Å². The van der Waals surface area contributed by atoms with E-state index in [1.165, 1.54) is 18.2 Å². The average Bonchev–Trinajstić information content (AvgIpc) is 2.57. The highest BCUT2D eigenvalue weighted by Crippen LogP contribution is 2.34. The van der Waals surface area contributed by atoms with Crippen LogP contribution in [0.15, 0.2) is 46.2 Å². The summed E-state index contributed by atoms with van der Waals surface area (Å²) in [7, 11) is -3.78. The molecule has 25 heavy (non-hydrogen) atoms. The average molecular weight is 378 g/mol. The summed E-state index contributed by atoms with van der Waals surface area (Å²) in [5.74, 6) is 0. The number of nitrogens with two attached hydrogens (primary N) is 1. The van der Waals surface area contributed by atoms with Gasteiger partial charge in [0.25, 0.3) is 0 Å². The summed E-state index contributed by atoms with van der Waals surface area (Å²) in [5.41, 5.74) is 7.25. The van der Waals surface area contributed by atoms with Gasteiger partial charge in [-0.15, -0.1) is 0 Å². The van der Waals surface area contributed by atoms with Crippen LogP contribution < -0.4 is 10.6 Å². The van der Waals surface area contributed by atoms with Gasteiger partial charge in [0.15, 0.2) is 0 Å². The van der Waals surface area contributed by atoms with Crippen molar-refractivity contribution in [1.29, 1.82) is 5.26 Å². The summed E-state index contributed by atoms with van der Waals surface area (Å²) in [5, 5.41) is 9.06. The molecule has 0 spiro atoms. The van der Waals surface area contributed by atoms with E-state index in [1.807, 2.05) is 17.9 Å². The van der Waals surface area contributed by atoms with Crippen LogP contribution in [0, 0.1) is 18.3 Å². The Balaban J connectivity index is 2.64. The van der Waals surface area contributed by atoms with Crippen LogP contribution in [0.5, 0.6) is 0 Å². The molecular formula is C18H20ClN3O2S. The Morgan fingerprint density at radius 2 is 2.00 bits per heavy atom. The number of nitrogens with zero attached hydrogens (tertiary/aromatic N) is 2. The van der Waals surface area contributed by atoms with Crippen LogP contribution in [0.4, 0.5) is 11.4 Å². The molecule has 0 atom stereocenters. The molecule has 0 aliphatic carbocycles. The fraction of sp³-hybridized carbons (Fsp3) is 0.278. The molecule has 0 amide bonds. The highest BCUT2D eigenvalue weighted by Gasteiger charge is 2.26. The Hall–Kier alpha value is -2.23. The molecule has 0 radical (unpaired) electrons. The number of anilines is 2. The van der Waals surface area contributed by atoms with Crippen molar-refractivity contribution in [2.75, 3.05) is 23.7 Å². The Bertz CT molecular complexity index is 920. The zero-order valence-corrected chi connectivity index (χ0v) is 15.7. The fourth-order valence-electron chi connectivity index (χ4n) is 2.66. The van der Waals surface area contributed by atoms with Crippen LogP contribution in [0.3, 0.4) is 0 Å². The molecule has 0 aliphatic heterocycles. The predicted octanol–water partition coefficient (Wildman–Crippen LogP) is 3.80. The van der Waals surface area contributed by atoms with Crippen LogP contribution >= 0.6 is 11.6 Å². The van der Waals surface area contributed by atoms with Gasteiger partial charge in [-0.05, 0) is 43.7 Å². The van der Waals surface area contributed by atoms with Gasteiger partial charge >= 0.3 is 0 Å². The lowest BCUT2D eigenvalue weighted by molar-refractivity contribution is 0.595. The van der Waals surface area contributed by atoms with E-state index in [9.17, 15) is 8.42 Å². The van der Waals surface area contributed by atoms with Gasteiger partial charge in [-0.2, -0.15) is 5.26 Å². The van der Waals surface area contributed by atoms with Crippen LogP contribution in [-0.4, -0.2) is 21.5 Å². The Kier molecular flexibility index (Phi) is 5.93. The van der Waals surface area contributed by atoms with E-state index in [4.69, 9.17) is 22.6 Å². The first-order chi connectivity index (χ1) is 11.8. The molecular weight excluding hydrogens is 358 g/mol. The summed E-state index contributed by atoms with van der Waals surface area (Å²) in [6.45, 7) is 4.74. The summed E-state index contributed by atoms with van der Waals surface area (Å²) in [4.78, 5) is 2.22. The predicted molar refractivity (Wildman–Crippen MR) is 101 cm³/mol. The van der Waals surface area contributed by atoms with Crippen molar-refractivity contribution in [1.82, 2.24) is 0 Å². The number of benzene rings is 2. The second kappa shape index (κ2) is 7.77. The van der Waals surface area contributed by atoms with Gasteiger partial charge in [-0.25, -0.2) is 8.42 Å². The van der Waals surface area contributed by atoms with Gasteiger partial charge in [0.05, 0.1) is 38.7 Å². The normalized spacial score (nSPS) is 11.1. The minimum Gasteiger partial charge on any atom is -0.398 e. The van der Waals surface area contributed by atoms with E-state index in [0.29, 0.717) is 36.4 Å². The van der Waals surface area contributed by atoms with Crippen molar-refractivity contribution in [3.8, 4) is 6.07 Å². The molecule has 132 valence electrons. The van der Waals surface area contributed by atoms with Crippen molar-refractivity contribution in [2.24, 2.45) is 0 Å².